The number of rotatable bonds is 3. The van der Waals surface area contributed by atoms with E-state index in [1.54, 1.807) is 24.3 Å². The van der Waals surface area contributed by atoms with E-state index in [1.807, 2.05) is 25.3 Å². The molecule has 2 aliphatic heterocycles. The van der Waals surface area contributed by atoms with E-state index in [2.05, 4.69) is 9.30 Å². The van der Waals surface area contributed by atoms with Gasteiger partial charge in [-0.15, -0.1) is 0 Å². The van der Waals surface area contributed by atoms with Crippen molar-refractivity contribution in [2.24, 2.45) is 4.40 Å². The molecule has 0 fully saturated rings. The predicted molar refractivity (Wildman–Crippen MR) is 104 cm³/mol. The van der Waals surface area contributed by atoms with Crippen molar-refractivity contribution in [2.75, 3.05) is 12.3 Å². The van der Waals surface area contributed by atoms with Gasteiger partial charge in [-0.1, -0.05) is 54.1 Å². The Balaban J connectivity index is 1.64. The van der Waals surface area contributed by atoms with Gasteiger partial charge < -0.3 is 4.90 Å². The standard InChI is InChI=1S/C21H18F2N2S/c1-15-4-8-17(9-5-15)21(22,23)18-10-6-16(7-11-18)19-3-2-12-25-13-14-26-24-20(19)25/h2-12H,13-14H2,1H3. The van der Waals surface area contributed by atoms with E-state index in [1.165, 1.54) is 36.2 Å². The zero-order chi connectivity index (χ0) is 18.1. The summed E-state index contributed by atoms with van der Waals surface area (Å²) in [6, 6.07) is 12.9. The molecule has 0 saturated heterocycles. The Labute approximate surface area is 156 Å². The molecule has 0 N–H and O–H groups in total. The highest BCUT2D eigenvalue weighted by Crippen LogP contribution is 2.36. The SMILES string of the molecule is Cc1ccc(C(F)(F)c2ccc(C3=CC=CN4CCSN=C34)cc2)cc1. The van der Waals surface area contributed by atoms with Gasteiger partial charge in [-0.05, 0) is 36.6 Å². The van der Waals surface area contributed by atoms with Gasteiger partial charge >= 0.3 is 0 Å². The molecule has 2 nitrogen and oxygen atoms in total. The van der Waals surface area contributed by atoms with Crippen molar-refractivity contribution in [1.29, 1.82) is 0 Å². The molecular formula is C21H18F2N2S. The van der Waals surface area contributed by atoms with Crippen molar-refractivity contribution < 1.29 is 8.78 Å². The minimum Gasteiger partial charge on any atom is -0.331 e. The Hall–Kier alpha value is -2.40. The summed E-state index contributed by atoms with van der Waals surface area (Å²) in [6.45, 7) is 2.79. The van der Waals surface area contributed by atoms with E-state index < -0.39 is 5.92 Å². The van der Waals surface area contributed by atoms with Gasteiger partial charge in [-0.2, -0.15) is 13.2 Å². The minimum absolute atomic E-state index is 0.00568. The molecule has 0 amide bonds. The second-order valence-electron chi connectivity index (χ2n) is 6.38. The van der Waals surface area contributed by atoms with Crippen molar-refractivity contribution in [3.8, 4) is 0 Å². The second-order valence-corrected chi connectivity index (χ2v) is 7.23. The minimum atomic E-state index is -3.02. The molecule has 4 rings (SSSR count). The second kappa shape index (κ2) is 6.72. The van der Waals surface area contributed by atoms with Crippen LogP contribution in [0.5, 0.6) is 0 Å². The highest BCUT2D eigenvalue weighted by molar-refractivity contribution is 7.98. The Morgan fingerprint density at radius 3 is 2.35 bits per heavy atom. The fourth-order valence-electron chi connectivity index (χ4n) is 3.08. The molecular weight excluding hydrogens is 350 g/mol. The number of hydrogen-bond acceptors (Lipinski definition) is 3. The third-order valence-corrected chi connectivity index (χ3v) is 5.26. The van der Waals surface area contributed by atoms with Gasteiger partial charge in [0.2, 0.25) is 0 Å². The van der Waals surface area contributed by atoms with Crippen molar-refractivity contribution in [3.63, 3.8) is 0 Å². The largest absolute Gasteiger partial charge is 0.331 e. The Bertz CT molecular complexity index is 897. The predicted octanol–water partition coefficient (Wildman–Crippen LogP) is 5.41. The molecule has 2 heterocycles. The smallest absolute Gasteiger partial charge is 0.298 e. The number of fused-ring (bicyclic) bond motifs is 1. The van der Waals surface area contributed by atoms with E-state index in [0.717, 1.165) is 34.8 Å². The maximum atomic E-state index is 14.8. The number of aryl methyl sites for hydroxylation is 1. The molecule has 0 bridgehead atoms. The number of amidine groups is 1. The molecule has 132 valence electrons. The summed E-state index contributed by atoms with van der Waals surface area (Å²) in [5.41, 5.74) is 2.82. The van der Waals surface area contributed by atoms with E-state index >= 15 is 0 Å². The quantitative estimate of drug-likeness (QED) is 0.674. The summed E-state index contributed by atoms with van der Waals surface area (Å²) < 4.78 is 34.1. The van der Waals surface area contributed by atoms with Crippen molar-refractivity contribution in [1.82, 2.24) is 4.90 Å². The van der Waals surface area contributed by atoms with Crippen LogP contribution in [0, 0.1) is 6.92 Å². The first-order chi connectivity index (χ1) is 12.6. The third-order valence-electron chi connectivity index (χ3n) is 4.59. The number of hydrogen-bond donors (Lipinski definition) is 0. The van der Waals surface area contributed by atoms with Gasteiger partial charge in [0.15, 0.2) is 0 Å². The van der Waals surface area contributed by atoms with Crippen molar-refractivity contribution in [3.05, 3.63) is 89.1 Å². The lowest BCUT2D eigenvalue weighted by molar-refractivity contribution is 0.0428. The van der Waals surface area contributed by atoms with Crippen LogP contribution in [0.2, 0.25) is 0 Å². The van der Waals surface area contributed by atoms with Crippen LogP contribution >= 0.6 is 11.9 Å². The van der Waals surface area contributed by atoms with Crippen LogP contribution in [0.25, 0.3) is 5.57 Å². The van der Waals surface area contributed by atoms with Crippen LogP contribution in [0.4, 0.5) is 8.78 Å². The van der Waals surface area contributed by atoms with E-state index in [9.17, 15) is 8.78 Å². The Kier molecular flexibility index (Phi) is 4.41. The maximum absolute atomic E-state index is 14.8. The van der Waals surface area contributed by atoms with Gasteiger partial charge in [0.25, 0.3) is 5.92 Å². The van der Waals surface area contributed by atoms with Gasteiger partial charge in [-0.25, -0.2) is 0 Å². The molecule has 0 saturated carbocycles. The summed E-state index contributed by atoms with van der Waals surface area (Å²) in [7, 11) is 0. The molecule has 2 aliphatic rings. The van der Waals surface area contributed by atoms with Crippen LogP contribution in [-0.4, -0.2) is 23.0 Å². The molecule has 2 aromatic rings. The maximum Gasteiger partial charge on any atom is 0.298 e. The molecule has 0 atom stereocenters. The lowest BCUT2D eigenvalue weighted by Crippen LogP contribution is -2.32. The van der Waals surface area contributed by atoms with Crippen LogP contribution < -0.4 is 0 Å². The molecule has 0 unspecified atom stereocenters. The summed E-state index contributed by atoms with van der Waals surface area (Å²) in [5, 5.41) is 0. The fourth-order valence-corrected chi connectivity index (χ4v) is 3.78. The lowest BCUT2D eigenvalue weighted by atomic mass is 9.95. The molecule has 26 heavy (non-hydrogen) atoms. The number of alkyl halides is 2. The van der Waals surface area contributed by atoms with Gasteiger partial charge in [0.05, 0.1) is 0 Å². The van der Waals surface area contributed by atoms with Crippen molar-refractivity contribution >= 4 is 23.4 Å². The molecule has 5 heteroatoms. The Morgan fingerprint density at radius 1 is 1.00 bits per heavy atom. The topological polar surface area (TPSA) is 15.6 Å². The molecule has 0 aliphatic carbocycles. The van der Waals surface area contributed by atoms with E-state index in [4.69, 9.17) is 0 Å². The van der Waals surface area contributed by atoms with E-state index in [-0.39, 0.29) is 11.1 Å². The zero-order valence-corrected chi connectivity index (χ0v) is 15.1. The molecule has 0 spiro atoms. The number of benzene rings is 2. The monoisotopic (exact) mass is 368 g/mol. The van der Waals surface area contributed by atoms with Crippen LogP contribution in [0.1, 0.15) is 22.3 Å². The number of halogens is 2. The molecule has 0 radical (unpaired) electrons. The van der Waals surface area contributed by atoms with Crippen LogP contribution in [0.15, 0.2) is 71.3 Å². The summed E-state index contributed by atoms with van der Waals surface area (Å²) in [6.07, 6.45) is 5.95. The summed E-state index contributed by atoms with van der Waals surface area (Å²) in [4.78, 5) is 2.10. The average molecular weight is 368 g/mol. The van der Waals surface area contributed by atoms with Crippen molar-refractivity contribution in [2.45, 2.75) is 12.8 Å². The zero-order valence-electron chi connectivity index (χ0n) is 14.3. The molecule has 0 aromatic heterocycles. The van der Waals surface area contributed by atoms with Crippen LogP contribution in [-0.2, 0) is 5.92 Å². The normalized spacial score (nSPS) is 16.8. The summed E-state index contributed by atoms with van der Waals surface area (Å²) >= 11 is 1.54. The third kappa shape index (κ3) is 3.07. The van der Waals surface area contributed by atoms with Gasteiger partial charge in [0.1, 0.15) is 5.84 Å². The first-order valence-corrected chi connectivity index (χ1v) is 9.41. The highest BCUT2D eigenvalue weighted by Gasteiger charge is 2.34. The number of nitrogens with zero attached hydrogens (tertiary/aromatic N) is 2. The van der Waals surface area contributed by atoms with Crippen LogP contribution in [0.3, 0.4) is 0 Å². The lowest BCUT2D eigenvalue weighted by Gasteiger charge is -2.29. The number of allylic oxidation sites excluding steroid dienone is 2. The molecule has 2 aromatic carbocycles. The Morgan fingerprint density at radius 2 is 1.65 bits per heavy atom. The fraction of sp³-hybridized carbons (Fsp3) is 0.190. The summed E-state index contributed by atoms with van der Waals surface area (Å²) in [5.74, 6) is -1.18. The van der Waals surface area contributed by atoms with E-state index in [0.29, 0.717) is 0 Å². The average Bonchev–Trinajstić information content (AvgIpc) is 2.68. The van der Waals surface area contributed by atoms with Gasteiger partial charge in [0, 0.05) is 35.2 Å². The van der Waals surface area contributed by atoms with Gasteiger partial charge in [-0.3, -0.25) is 0 Å². The first-order valence-electron chi connectivity index (χ1n) is 8.47. The first kappa shape index (κ1) is 17.0. The highest BCUT2D eigenvalue weighted by atomic mass is 32.2.